The summed E-state index contributed by atoms with van der Waals surface area (Å²) in [6, 6.07) is 2.15. The number of fused-ring (bicyclic) bond motifs is 2. The summed E-state index contributed by atoms with van der Waals surface area (Å²) in [7, 11) is 1.92. The fourth-order valence-corrected chi connectivity index (χ4v) is 2.56. The van der Waals surface area contributed by atoms with Gasteiger partial charge in [0.2, 0.25) is 0 Å². The van der Waals surface area contributed by atoms with Crippen molar-refractivity contribution in [3.8, 4) is 0 Å². The number of hydrogen-bond donors (Lipinski definition) is 1. The Morgan fingerprint density at radius 3 is 2.75 bits per heavy atom. The summed E-state index contributed by atoms with van der Waals surface area (Å²) in [5.74, 6) is 0. The van der Waals surface area contributed by atoms with Gasteiger partial charge in [-0.15, -0.1) is 0 Å². The second kappa shape index (κ2) is 3.94. The third-order valence-electron chi connectivity index (χ3n) is 3.42. The topological polar surface area (TPSA) is 37.4 Å². The molecule has 3 rings (SSSR count). The normalized spacial score (nSPS) is 28.2. The average Bonchev–Trinajstić information content (AvgIpc) is 2.68. The van der Waals surface area contributed by atoms with Crippen molar-refractivity contribution in [2.45, 2.75) is 25.0 Å². The molecule has 86 valence electrons. The van der Waals surface area contributed by atoms with Crippen LogP contribution in [0.15, 0.2) is 18.5 Å². The Hall–Kier alpha value is -1.29. The van der Waals surface area contributed by atoms with Gasteiger partial charge in [0, 0.05) is 20.1 Å². The molecule has 2 bridgehead atoms. The number of anilines is 2. The molecule has 0 aromatic carbocycles. The maximum atomic E-state index is 5.83. The van der Waals surface area contributed by atoms with Gasteiger partial charge in [-0.3, -0.25) is 4.98 Å². The molecule has 4 heteroatoms. The van der Waals surface area contributed by atoms with E-state index in [0.29, 0.717) is 12.2 Å². The first-order valence-corrected chi connectivity index (χ1v) is 5.88. The highest BCUT2D eigenvalue weighted by atomic mass is 16.5. The first kappa shape index (κ1) is 9.90. The van der Waals surface area contributed by atoms with Crippen LogP contribution in [-0.4, -0.2) is 37.3 Å². The third kappa shape index (κ3) is 1.73. The van der Waals surface area contributed by atoms with Crippen LogP contribution < -0.4 is 10.2 Å². The second-order valence-electron chi connectivity index (χ2n) is 4.54. The van der Waals surface area contributed by atoms with Crippen LogP contribution in [0.5, 0.6) is 0 Å². The monoisotopic (exact) mass is 219 g/mol. The van der Waals surface area contributed by atoms with Crippen molar-refractivity contribution in [1.82, 2.24) is 4.98 Å². The van der Waals surface area contributed by atoms with Crippen LogP contribution >= 0.6 is 0 Å². The highest BCUT2D eigenvalue weighted by molar-refractivity contribution is 5.55. The Balaban J connectivity index is 1.81. The number of ether oxygens (including phenoxy) is 1. The highest BCUT2D eigenvalue weighted by Gasteiger charge is 2.33. The number of rotatable bonds is 2. The smallest absolute Gasteiger partial charge is 0.0755 e. The van der Waals surface area contributed by atoms with E-state index in [1.165, 1.54) is 18.5 Å². The van der Waals surface area contributed by atoms with Crippen molar-refractivity contribution in [3.63, 3.8) is 0 Å². The van der Waals surface area contributed by atoms with E-state index >= 15 is 0 Å². The van der Waals surface area contributed by atoms with Crippen molar-refractivity contribution < 1.29 is 4.74 Å². The molecule has 2 aliphatic heterocycles. The summed E-state index contributed by atoms with van der Waals surface area (Å²) in [6.07, 6.45) is 7.05. The van der Waals surface area contributed by atoms with Gasteiger partial charge < -0.3 is 15.0 Å². The van der Waals surface area contributed by atoms with Gasteiger partial charge in [-0.2, -0.15) is 0 Å². The quantitative estimate of drug-likeness (QED) is 0.817. The maximum absolute atomic E-state index is 5.83. The lowest BCUT2D eigenvalue weighted by Gasteiger charge is -2.33. The number of nitrogens with one attached hydrogen (secondary N) is 1. The molecule has 2 unspecified atom stereocenters. The van der Waals surface area contributed by atoms with E-state index in [0.717, 1.165) is 18.8 Å². The molecule has 16 heavy (non-hydrogen) atoms. The minimum Gasteiger partial charge on any atom is -0.387 e. The van der Waals surface area contributed by atoms with E-state index in [4.69, 9.17) is 4.74 Å². The summed E-state index contributed by atoms with van der Waals surface area (Å²) < 4.78 is 5.83. The lowest BCUT2D eigenvalue weighted by atomic mass is 10.2. The molecule has 4 nitrogen and oxygen atoms in total. The van der Waals surface area contributed by atoms with Crippen LogP contribution in [0.2, 0.25) is 0 Å². The summed E-state index contributed by atoms with van der Waals surface area (Å²) in [5.41, 5.74) is 2.27. The van der Waals surface area contributed by atoms with Crippen LogP contribution in [0.3, 0.4) is 0 Å². The number of pyridine rings is 1. The predicted octanol–water partition coefficient (Wildman–Crippen LogP) is 1.49. The Morgan fingerprint density at radius 1 is 1.31 bits per heavy atom. The zero-order chi connectivity index (χ0) is 11.0. The summed E-state index contributed by atoms with van der Waals surface area (Å²) >= 11 is 0. The Morgan fingerprint density at radius 2 is 2.06 bits per heavy atom. The summed E-state index contributed by atoms with van der Waals surface area (Å²) in [6.45, 7) is 2.01. The molecule has 1 aromatic rings. The molecule has 0 saturated carbocycles. The fourth-order valence-electron chi connectivity index (χ4n) is 2.56. The van der Waals surface area contributed by atoms with Gasteiger partial charge in [0.15, 0.2) is 0 Å². The molecule has 3 heterocycles. The number of morpholine rings is 1. The molecule has 1 N–H and O–H groups in total. The van der Waals surface area contributed by atoms with Crippen molar-refractivity contribution in [1.29, 1.82) is 0 Å². The fraction of sp³-hybridized carbons (Fsp3) is 0.583. The van der Waals surface area contributed by atoms with Crippen molar-refractivity contribution in [2.24, 2.45) is 0 Å². The zero-order valence-electron chi connectivity index (χ0n) is 9.52. The first-order valence-electron chi connectivity index (χ1n) is 5.88. The molecule has 2 atom stereocenters. The minimum atomic E-state index is 0.428. The molecule has 1 aromatic heterocycles. The summed E-state index contributed by atoms with van der Waals surface area (Å²) in [5, 5.41) is 3.12. The Labute approximate surface area is 95.6 Å². The highest BCUT2D eigenvalue weighted by Crippen LogP contribution is 2.29. The molecule has 0 radical (unpaired) electrons. The van der Waals surface area contributed by atoms with Gasteiger partial charge >= 0.3 is 0 Å². The minimum absolute atomic E-state index is 0.428. The standard InChI is InChI=1S/C12H17N3O/c1-13-9-4-10(6-14-5-9)15-7-11-2-3-12(8-15)16-11/h4-6,11-13H,2-3,7-8H2,1H3. The van der Waals surface area contributed by atoms with Gasteiger partial charge in [0.05, 0.1) is 36.0 Å². The second-order valence-corrected chi connectivity index (χ2v) is 4.54. The van der Waals surface area contributed by atoms with Crippen molar-refractivity contribution >= 4 is 11.4 Å². The van der Waals surface area contributed by atoms with E-state index in [1.807, 2.05) is 19.4 Å². The molecular weight excluding hydrogens is 202 g/mol. The third-order valence-corrected chi connectivity index (χ3v) is 3.42. The van der Waals surface area contributed by atoms with E-state index in [-0.39, 0.29) is 0 Å². The number of aromatic nitrogens is 1. The van der Waals surface area contributed by atoms with Crippen LogP contribution in [0, 0.1) is 0 Å². The molecule has 0 aliphatic carbocycles. The van der Waals surface area contributed by atoms with Crippen LogP contribution in [0.25, 0.3) is 0 Å². The molecule has 2 fully saturated rings. The molecule has 2 aliphatic rings. The van der Waals surface area contributed by atoms with E-state index < -0.39 is 0 Å². The number of hydrogen-bond acceptors (Lipinski definition) is 4. The maximum Gasteiger partial charge on any atom is 0.0755 e. The number of nitrogens with zero attached hydrogens (tertiary/aromatic N) is 2. The van der Waals surface area contributed by atoms with E-state index in [9.17, 15) is 0 Å². The lowest BCUT2D eigenvalue weighted by Crippen LogP contribution is -2.42. The largest absolute Gasteiger partial charge is 0.387 e. The Kier molecular flexibility index (Phi) is 2.44. The van der Waals surface area contributed by atoms with Gasteiger partial charge in [-0.1, -0.05) is 0 Å². The van der Waals surface area contributed by atoms with Crippen LogP contribution in [0.1, 0.15) is 12.8 Å². The zero-order valence-corrected chi connectivity index (χ0v) is 9.52. The van der Waals surface area contributed by atoms with Crippen LogP contribution in [-0.2, 0) is 4.74 Å². The van der Waals surface area contributed by atoms with Crippen LogP contribution in [0.4, 0.5) is 11.4 Å². The van der Waals surface area contributed by atoms with Crippen molar-refractivity contribution in [2.75, 3.05) is 30.4 Å². The average molecular weight is 219 g/mol. The molecule has 2 saturated heterocycles. The van der Waals surface area contributed by atoms with E-state index in [2.05, 4.69) is 21.3 Å². The lowest BCUT2D eigenvalue weighted by molar-refractivity contribution is 0.0305. The molecular formula is C12H17N3O. The van der Waals surface area contributed by atoms with Crippen molar-refractivity contribution in [3.05, 3.63) is 18.5 Å². The van der Waals surface area contributed by atoms with Gasteiger partial charge in [-0.05, 0) is 18.9 Å². The summed E-state index contributed by atoms with van der Waals surface area (Å²) in [4.78, 5) is 6.64. The van der Waals surface area contributed by atoms with Gasteiger partial charge in [0.25, 0.3) is 0 Å². The molecule has 0 amide bonds. The first-order chi connectivity index (χ1) is 7.85. The van der Waals surface area contributed by atoms with Gasteiger partial charge in [-0.25, -0.2) is 0 Å². The Bertz CT molecular complexity index is 370. The molecule has 0 spiro atoms. The SMILES string of the molecule is CNc1cncc(N2CC3CCC(C2)O3)c1. The van der Waals surface area contributed by atoms with E-state index in [1.54, 1.807) is 0 Å². The predicted molar refractivity (Wildman–Crippen MR) is 63.9 cm³/mol. The van der Waals surface area contributed by atoms with Gasteiger partial charge in [0.1, 0.15) is 0 Å².